The molecular formula is C20H27ClN6OS. The lowest BCUT2D eigenvalue weighted by atomic mass is 10.1. The van der Waals surface area contributed by atoms with Gasteiger partial charge in [-0.25, -0.2) is 9.97 Å². The van der Waals surface area contributed by atoms with E-state index in [1.54, 1.807) is 12.3 Å². The molecule has 0 bridgehead atoms. The van der Waals surface area contributed by atoms with Gasteiger partial charge in [-0.05, 0) is 31.7 Å². The zero-order valence-electron chi connectivity index (χ0n) is 16.8. The Bertz CT molecular complexity index is 853. The quantitative estimate of drug-likeness (QED) is 0.733. The Balaban J connectivity index is 1.43. The molecule has 9 heteroatoms. The number of pyridine rings is 1. The summed E-state index contributed by atoms with van der Waals surface area (Å²) in [7, 11) is 0. The highest BCUT2D eigenvalue weighted by atomic mass is 35.5. The van der Waals surface area contributed by atoms with Crippen LogP contribution in [0.3, 0.4) is 0 Å². The van der Waals surface area contributed by atoms with Crippen molar-refractivity contribution < 1.29 is 4.79 Å². The predicted octanol–water partition coefficient (Wildman–Crippen LogP) is 3.49. The van der Waals surface area contributed by atoms with Crippen LogP contribution in [0.1, 0.15) is 48.8 Å². The highest BCUT2D eigenvalue weighted by molar-refractivity contribution is 7.09. The number of rotatable bonds is 4. The Morgan fingerprint density at radius 1 is 1.07 bits per heavy atom. The number of aromatic nitrogens is 3. The molecular weight excluding hydrogens is 408 g/mol. The number of carbonyl (C=O) groups excluding carboxylic acids is 1. The molecule has 2 aliphatic rings. The Kier molecular flexibility index (Phi) is 6.50. The summed E-state index contributed by atoms with van der Waals surface area (Å²) in [6.07, 6.45) is 6.88. The monoisotopic (exact) mass is 434 g/mol. The van der Waals surface area contributed by atoms with Gasteiger partial charge in [0.25, 0.3) is 5.91 Å². The van der Waals surface area contributed by atoms with E-state index in [0.29, 0.717) is 10.6 Å². The maximum atomic E-state index is 12.7. The maximum Gasteiger partial charge on any atom is 0.255 e. The second kappa shape index (κ2) is 9.26. The van der Waals surface area contributed by atoms with Gasteiger partial charge in [0, 0.05) is 63.4 Å². The van der Waals surface area contributed by atoms with Crippen molar-refractivity contribution in [3.8, 4) is 0 Å². The molecule has 29 heavy (non-hydrogen) atoms. The molecule has 2 aromatic heterocycles. The minimum absolute atomic E-state index is 0.0377. The molecule has 2 aromatic rings. The molecule has 0 N–H and O–H groups in total. The van der Waals surface area contributed by atoms with Crippen LogP contribution < -0.4 is 9.80 Å². The maximum absolute atomic E-state index is 12.7. The normalized spacial score (nSPS) is 18.1. The summed E-state index contributed by atoms with van der Waals surface area (Å²) < 4.78 is 4.40. The number of nitrogens with zero attached hydrogens (tertiary/aromatic N) is 6. The SMILES string of the molecule is CCc1nsc(N2CCCN(c3ncc(C(=O)N4CCCCC4)cc3Cl)CC2)n1. The van der Waals surface area contributed by atoms with Crippen molar-refractivity contribution in [1.82, 2.24) is 19.2 Å². The first-order valence-electron chi connectivity index (χ1n) is 10.4. The van der Waals surface area contributed by atoms with Crippen LogP contribution in [0.2, 0.25) is 5.02 Å². The molecule has 2 saturated heterocycles. The van der Waals surface area contributed by atoms with Crippen molar-refractivity contribution in [2.75, 3.05) is 49.1 Å². The number of amides is 1. The molecule has 4 rings (SSSR count). The molecule has 7 nitrogen and oxygen atoms in total. The van der Waals surface area contributed by atoms with Crippen LogP contribution >= 0.6 is 23.1 Å². The molecule has 0 atom stereocenters. The standard InChI is InChI=1S/C20H27ClN6OS/c1-2-17-23-20(29-24-17)27-10-6-9-25(11-12-27)18-16(21)13-15(14-22-18)19(28)26-7-4-3-5-8-26/h13-14H,2-12H2,1H3. The highest BCUT2D eigenvalue weighted by Gasteiger charge is 2.23. The van der Waals surface area contributed by atoms with Crippen LogP contribution in [0.5, 0.6) is 0 Å². The Morgan fingerprint density at radius 2 is 1.83 bits per heavy atom. The Labute approximate surface area is 180 Å². The van der Waals surface area contributed by atoms with Crippen LogP contribution in [0.25, 0.3) is 0 Å². The summed E-state index contributed by atoms with van der Waals surface area (Å²) in [5.74, 6) is 1.70. The molecule has 0 aliphatic carbocycles. The summed E-state index contributed by atoms with van der Waals surface area (Å²) in [4.78, 5) is 28.3. The van der Waals surface area contributed by atoms with E-state index >= 15 is 0 Å². The number of carbonyl (C=O) groups is 1. The van der Waals surface area contributed by atoms with Crippen LogP contribution in [-0.4, -0.2) is 64.4 Å². The van der Waals surface area contributed by atoms with E-state index < -0.39 is 0 Å². The van der Waals surface area contributed by atoms with Gasteiger partial charge >= 0.3 is 0 Å². The van der Waals surface area contributed by atoms with Gasteiger partial charge in [0.1, 0.15) is 11.6 Å². The number of aryl methyl sites for hydroxylation is 1. The summed E-state index contributed by atoms with van der Waals surface area (Å²) in [6, 6.07) is 1.78. The fourth-order valence-corrected chi connectivity index (χ4v) is 4.98. The fraction of sp³-hybridized carbons (Fsp3) is 0.600. The predicted molar refractivity (Wildman–Crippen MR) is 117 cm³/mol. The van der Waals surface area contributed by atoms with Crippen molar-refractivity contribution in [2.45, 2.75) is 39.0 Å². The van der Waals surface area contributed by atoms with Gasteiger partial charge in [0.05, 0.1) is 10.6 Å². The van der Waals surface area contributed by atoms with Gasteiger partial charge in [-0.2, -0.15) is 4.37 Å². The van der Waals surface area contributed by atoms with Crippen LogP contribution in [0, 0.1) is 0 Å². The number of hydrogen-bond donors (Lipinski definition) is 0. The first-order chi connectivity index (χ1) is 14.2. The van der Waals surface area contributed by atoms with Gasteiger partial charge in [0.2, 0.25) is 5.13 Å². The van der Waals surface area contributed by atoms with E-state index in [-0.39, 0.29) is 5.91 Å². The van der Waals surface area contributed by atoms with Gasteiger partial charge in [-0.15, -0.1) is 0 Å². The second-order valence-corrected chi connectivity index (χ2v) is 8.69. The lowest BCUT2D eigenvalue weighted by molar-refractivity contribution is 0.0724. The molecule has 0 aromatic carbocycles. The average Bonchev–Trinajstić information content (AvgIpc) is 3.11. The molecule has 2 aliphatic heterocycles. The first-order valence-corrected chi connectivity index (χ1v) is 11.6. The lowest BCUT2D eigenvalue weighted by Crippen LogP contribution is -2.35. The van der Waals surface area contributed by atoms with Crippen molar-refractivity contribution in [3.63, 3.8) is 0 Å². The third-order valence-corrected chi connectivity index (χ3v) is 6.64. The molecule has 0 radical (unpaired) electrons. The van der Waals surface area contributed by atoms with Crippen LogP contribution in [0.15, 0.2) is 12.3 Å². The van der Waals surface area contributed by atoms with Crippen molar-refractivity contribution in [3.05, 3.63) is 28.7 Å². The molecule has 1 amide bonds. The fourth-order valence-electron chi connectivity index (χ4n) is 3.90. The van der Waals surface area contributed by atoms with Crippen LogP contribution in [0.4, 0.5) is 10.9 Å². The number of likely N-dealkylation sites (tertiary alicyclic amines) is 1. The number of piperidine rings is 1. The third-order valence-electron chi connectivity index (χ3n) is 5.55. The lowest BCUT2D eigenvalue weighted by Gasteiger charge is -2.27. The zero-order valence-corrected chi connectivity index (χ0v) is 18.4. The summed E-state index contributed by atoms with van der Waals surface area (Å²) in [5.41, 5.74) is 0.582. The molecule has 0 saturated carbocycles. The topological polar surface area (TPSA) is 65.5 Å². The molecule has 0 unspecified atom stereocenters. The number of anilines is 2. The Morgan fingerprint density at radius 3 is 2.55 bits per heavy atom. The average molecular weight is 435 g/mol. The highest BCUT2D eigenvalue weighted by Crippen LogP contribution is 2.27. The Hall–Kier alpha value is -1.93. The zero-order chi connectivity index (χ0) is 20.2. The number of halogens is 1. The van der Waals surface area contributed by atoms with Crippen molar-refractivity contribution in [2.24, 2.45) is 0 Å². The van der Waals surface area contributed by atoms with E-state index in [2.05, 4.69) is 31.1 Å². The minimum Gasteiger partial charge on any atom is -0.354 e. The van der Waals surface area contributed by atoms with E-state index in [4.69, 9.17) is 11.6 Å². The third kappa shape index (κ3) is 4.64. The molecule has 4 heterocycles. The number of hydrogen-bond acceptors (Lipinski definition) is 7. The van der Waals surface area contributed by atoms with E-state index in [1.165, 1.54) is 18.0 Å². The van der Waals surface area contributed by atoms with Crippen LogP contribution in [-0.2, 0) is 6.42 Å². The van der Waals surface area contributed by atoms with E-state index in [9.17, 15) is 4.79 Å². The minimum atomic E-state index is 0.0377. The largest absolute Gasteiger partial charge is 0.354 e. The van der Waals surface area contributed by atoms with Gasteiger partial charge in [0.15, 0.2) is 0 Å². The smallest absolute Gasteiger partial charge is 0.255 e. The molecule has 0 spiro atoms. The second-order valence-electron chi connectivity index (χ2n) is 7.56. The van der Waals surface area contributed by atoms with Crippen molar-refractivity contribution >= 4 is 40.0 Å². The molecule has 2 fully saturated rings. The van der Waals surface area contributed by atoms with Gasteiger partial charge < -0.3 is 14.7 Å². The van der Waals surface area contributed by atoms with E-state index in [1.807, 2.05) is 4.90 Å². The summed E-state index contributed by atoms with van der Waals surface area (Å²) >= 11 is 8.04. The van der Waals surface area contributed by atoms with Gasteiger partial charge in [-0.3, -0.25) is 4.79 Å². The first kappa shape index (κ1) is 20.3. The summed E-state index contributed by atoms with van der Waals surface area (Å²) in [5, 5.41) is 1.54. The van der Waals surface area contributed by atoms with E-state index in [0.717, 1.165) is 81.7 Å². The summed E-state index contributed by atoms with van der Waals surface area (Å²) in [6.45, 7) is 7.21. The van der Waals surface area contributed by atoms with Gasteiger partial charge in [-0.1, -0.05) is 18.5 Å². The van der Waals surface area contributed by atoms with Crippen molar-refractivity contribution in [1.29, 1.82) is 0 Å². The molecule has 156 valence electrons.